The molecule has 6 nitrogen and oxygen atoms in total. The summed E-state index contributed by atoms with van der Waals surface area (Å²) in [5.41, 5.74) is -1.04. The van der Waals surface area contributed by atoms with Gasteiger partial charge in [0.1, 0.15) is 11.8 Å². The number of nitro benzene ring substituents is 1. The Morgan fingerprint density at radius 2 is 2.25 bits per heavy atom. The van der Waals surface area contributed by atoms with Gasteiger partial charge in [-0.3, -0.25) is 14.9 Å². The number of carbonyl (C=O) groups excluding carboxylic acids is 1. The van der Waals surface area contributed by atoms with Gasteiger partial charge < -0.3 is 5.11 Å². The molecule has 0 atom stereocenters. The van der Waals surface area contributed by atoms with Gasteiger partial charge in [-0.25, -0.2) is 0 Å². The maximum Gasteiger partial charge on any atom is 0.291 e. The van der Waals surface area contributed by atoms with Crippen molar-refractivity contribution in [2.24, 2.45) is 0 Å². The molecular weight excluding hydrogens is 280 g/mol. The highest BCUT2D eigenvalue weighted by molar-refractivity contribution is 9.09. The van der Waals surface area contributed by atoms with Gasteiger partial charge in [-0.05, 0) is 6.07 Å². The molecule has 0 saturated heterocycles. The first-order valence-corrected chi connectivity index (χ1v) is 5.14. The van der Waals surface area contributed by atoms with E-state index in [4.69, 9.17) is 5.26 Å². The van der Waals surface area contributed by atoms with Gasteiger partial charge in [0.25, 0.3) is 5.69 Å². The van der Waals surface area contributed by atoms with Crippen molar-refractivity contribution in [2.45, 2.75) is 0 Å². The van der Waals surface area contributed by atoms with Crippen molar-refractivity contribution < 1.29 is 14.8 Å². The quantitative estimate of drug-likeness (QED) is 0.394. The van der Waals surface area contributed by atoms with E-state index in [-0.39, 0.29) is 10.9 Å². The highest BCUT2D eigenvalue weighted by Gasteiger charge is 2.21. The summed E-state index contributed by atoms with van der Waals surface area (Å²) in [6.07, 6.45) is 0. The molecule has 0 amide bonds. The van der Waals surface area contributed by atoms with Crippen LogP contribution >= 0.6 is 15.9 Å². The minimum atomic E-state index is -0.816. The van der Waals surface area contributed by atoms with Gasteiger partial charge in [0.2, 0.25) is 0 Å². The van der Waals surface area contributed by atoms with Gasteiger partial charge in [-0.15, -0.1) is 0 Å². The molecule has 0 aliphatic carbocycles. The molecule has 0 aromatic heterocycles. The lowest BCUT2D eigenvalue weighted by molar-refractivity contribution is -0.385. The summed E-state index contributed by atoms with van der Waals surface area (Å²) in [4.78, 5) is 21.1. The fourth-order valence-corrected chi connectivity index (χ4v) is 1.43. The summed E-state index contributed by atoms with van der Waals surface area (Å²) < 4.78 is 0. The second-order valence-electron chi connectivity index (χ2n) is 2.82. The predicted octanol–water partition coefficient (Wildman–Crippen LogP) is 1.75. The summed E-state index contributed by atoms with van der Waals surface area (Å²) in [6.45, 7) is 0. The number of rotatable bonds is 3. The monoisotopic (exact) mass is 284 g/mol. The van der Waals surface area contributed by atoms with E-state index in [1.165, 1.54) is 6.07 Å². The van der Waals surface area contributed by atoms with Crippen LogP contribution in [-0.2, 0) is 0 Å². The topological polar surface area (TPSA) is 104 Å². The number of nitro groups is 1. The van der Waals surface area contributed by atoms with E-state index in [1.807, 2.05) is 0 Å². The van der Waals surface area contributed by atoms with E-state index in [0.717, 1.165) is 12.1 Å². The zero-order valence-electron chi connectivity index (χ0n) is 7.81. The molecule has 1 N–H and O–H groups in total. The number of nitrogens with zero attached hydrogens (tertiary/aromatic N) is 2. The molecule has 1 rings (SSSR count). The molecular formula is C9H5BrN2O4. The van der Waals surface area contributed by atoms with Gasteiger partial charge in [0.05, 0.1) is 10.3 Å². The molecule has 82 valence electrons. The van der Waals surface area contributed by atoms with Crippen LogP contribution in [-0.4, -0.2) is 21.1 Å². The summed E-state index contributed by atoms with van der Waals surface area (Å²) in [5.74, 6) is -0.983. The van der Waals surface area contributed by atoms with Crippen molar-refractivity contribution >= 4 is 27.4 Å². The molecule has 0 fully saturated rings. The van der Waals surface area contributed by atoms with E-state index in [9.17, 15) is 20.0 Å². The number of hydrogen-bond acceptors (Lipinski definition) is 5. The fourth-order valence-electron chi connectivity index (χ4n) is 1.11. The zero-order valence-corrected chi connectivity index (χ0v) is 9.39. The van der Waals surface area contributed by atoms with Crippen LogP contribution in [0, 0.1) is 21.4 Å². The minimum absolute atomic E-state index is 0.0138. The Kier molecular flexibility index (Phi) is 3.58. The number of benzene rings is 1. The molecule has 7 heteroatoms. The predicted molar refractivity (Wildman–Crippen MR) is 57.6 cm³/mol. The Hall–Kier alpha value is -1.94. The molecule has 0 heterocycles. The number of phenols is 1. The standard InChI is InChI=1S/C9H5BrN2O4/c10-3-9(14)5-1-7(12(15)16)6(4-11)8(13)2-5/h1-2,13H,3H2. The van der Waals surface area contributed by atoms with E-state index in [2.05, 4.69) is 15.9 Å². The second kappa shape index (κ2) is 4.72. The smallest absolute Gasteiger partial charge is 0.291 e. The Labute approximate surface area is 98.4 Å². The normalized spacial score (nSPS) is 9.50. The lowest BCUT2D eigenvalue weighted by Crippen LogP contribution is -2.02. The molecule has 0 unspecified atom stereocenters. The van der Waals surface area contributed by atoms with Gasteiger partial charge in [0, 0.05) is 11.6 Å². The van der Waals surface area contributed by atoms with Crippen LogP contribution in [0.25, 0.3) is 0 Å². The van der Waals surface area contributed by atoms with Gasteiger partial charge in [-0.1, -0.05) is 15.9 Å². The number of carbonyl (C=O) groups is 1. The number of ketones is 1. The maximum absolute atomic E-state index is 11.3. The van der Waals surface area contributed by atoms with Crippen LogP contribution in [0.2, 0.25) is 0 Å². The van der Waals surface area contributed by atoms with Crippen molar-refractivity contribution in [3.8, 4) is 11.8 Å². The van der Waals surface area contributed by atoms with Crippen molar-refractivity contribution in [3.63, 3.8) is 0 Å². The zero-order chi connectivity index (χ0) is 12.3. The summed E-state index contributed by atoms with van der Waals surface area (Å²) >= 11 is 2.91. The molecule has 0 saturated carbocycles. The van der Waals surface area contributed by atoms with Crippen LogP contribution < -0.4 is 0 Å². The second-order valence-corrected chi connectivity index (χ2v) is 3.38. The Morgan fingerprint density at radius 1 is 1.62 bits per heavy atom. The first-order chi connectivity index (χ1) is 7.51. The third kappa shape index (κ3) is 2.17. The van der Waals surface area contributed by atoms with Gasteiger partial charge in [-0.2, -0.15) is 5.26 Å². The lowest BCUT2D eigenvalue weighted by Gasteiger charge is -2.01. The summed E-state index contributed by atoms with van der Waals surface area (Å²) in [7, 11) is 0. The molecule has 0 spiro atoms. The minimum Gasteiger partial charge on any atom is -0.506 e. The van der Waals surface area contributed by atoms with E-state index in [0.29, 0.717) is 0 Å². The molecule has 1 aromatic carbocycles. The summed E-state index contributed by atoms with van der Waals surface area (Å²) in [5, 5.41) is 28.6. The van der Waals surface area contributed by atoms with E-state index >= 15 is 0 Å². The fraction of sp³-hybridized carbons (Fsp3) is 0.111. The van der Waals surface area contributed by atoms with Crippen molar-refractivity contribution in [1.29, 1.82) is 5.26 Å². The first kappa shape index (κ1) is 12.1. The van der Waals surface area contributed by atoms with Crippen LogP contribution in [0.15, 0.2) is 12.1 Å². The van der Waals surface area contributed by atoms with Crippen LogP contribution in [0.1, 0.15) is 15.9 Å². The number of Topliss-reactive ketones (excluding diaryl/α,β-unsaturated/α-hetero) is 1. The number of aromatic hydroxyl groups is 1. The van der Waals surface area contributed by atoms with E-state index < -0.39 is 27.7 Å². The van der Waals surface area contributed by atoms with Gasteiger partial charge in [0.15, 0.2) is 11.3 Å². The first-order valence-electron chi connectivity index (χ1n) is 4.02. The molecule has 0 radical (unpaired) electrons. The SMILES string of the molecule is N#Cc1c(O)cc(C(=O)CBr)cc1[N+](=O)[O-]. The number of phenolic OH excluding ortho intramolecular Hbond substituents is 1. The molecule has 1 aromatic rings. The van der Waals surface area contributed by atoms with Crippen LogP contribution in [0.5, 0.6) is 5.75 Å². The highest BCUT2D eigenvalue weighted by Crippen LogP contribution is 2.29. The number of hydrogen-bond donors (Lipinski definition) is 1. The Bertz CT molecular complexity index is 507. The average molecular weight is 285 g/mol. The van der Waals surface area contributed by atoms with Crippen molar-refractivity contribution in [3.05, 3.63) is 33.4 Å². The molecule has 16 heavy (non-hydrogen) atoms. The summed E-state index contributed by atoms with van der Waals surface area (Å²) in [6, 6.07) is 3.53. The van der Waals surface area contributed by atoms with Crippen molar-refractivity contribution in [2.75, 3.05) is 5.33 Å². The molecule has 0 aliphatic rings. The highest BCUT2D eigenvalue weighted by atomic mass is 79.9. The van der Waals surface area contributed by atoms with Crippen LogP contribution in [0.3, 0.4) is 0 Å². The molecule has 0 aliphatic heterocycles. The number of alkyl halides is 1. The average Bonchev–Trinajstić information content (AvgIpc) is 2.26. The van der Waals surface area contributed by atoms with Crippen molar-refractivity contribution in [1.82, 2.24) is 0 Å². The van der Waals surface area contributed by atoms with Gasteiger partial charge >= 0.3 is 0 Å². The lowest BCUT2D eigenvalue weighted by atomic mass is 10.1. The molecule has 0 bridgehead atoms. The third-order valence-electron chi connectivity index (χ3n) is 1.85. The Morgan fingerprint density at radius 3 is 2.69 bits per heavy atom. The van der Waals surface area contributed by atoms with E-state index in [1.54, 1.807) is 0 Å². The number of nitriles is 1. The Balaban J connectivity index is 3.47. The largest absolute Gasteiger partial charge is 0.506 e. The third-order valence-corrected chi connectivity index (χ3v) is 2.36. The van der Waals surface area contributed by atoms with Crippen LogP contribution in [0.4, 0.5) is 5.69 Å². The maximum atomic E-state index is 11.3. The number of halogens is 1.